The average Bonchev–Trinajstić information content (AvgIpc) is 3.35. The van der Waals surface area contributed by atoms with Crippen molar-refractivity contribution in [3.8, 4) is 11.1 Å². The maximum absolute atomic E-state index is 12.4. The highest BCUT2D eigenvalue weighted by Gasteiger charge is 2.41. The van der Waals surface area contributed by atoms with Crippen LogP contribution >= 0.6 is 0 Å². The predicted octanol–water partition coefficient (Wildman–Crippen LogP) is 1.87. The molecule has 1 saturated heterocycles. The van der Waals surface area contributed by atoms with Crippen molar-refractivity contribution >= 4 is 23.9 Å². The van der Waals surface area contributed by atoms with Gasteiger partial charge in [0.2, 0.25) is 11.8 Å². The van der Waals surface area contributed by atoms with Crippen LogP contribution in [-0.2, 0) is 19.1 Å². The van der Waals surface area contributed by atoms with E-state index in [0.29, 0.717) is 6.42 Å². The molecule has 4 rings (SSSR count). The third-order valence-corrected chi connectivity index (χ3v) is 6.43. The summed E-state index contributed by atoms with van der Waals surface area (Å²) in [6.07, 6.45) is -0.266. The van der Waals surface area contributed by atoms with Gasteiger partial charge in [0.25, 0.3) is 0 Å². The number of carboxylic acid groups (broad SMARTS) is 1. The minimum Gasteiger partial charge on any atom is -0.481 e. The average molecular weight is 466 g/mol. The van der Waals surface area contributed by atoms with Crippen molar-refractivity contribution in [2.75, 3.05) is 19.7 Å². The number of nitrogens with one attached hydrogen (secondary N) is 3. The molecule has 1 aliphatic heterocycles. The van der Waals surface area contributed by atoms with E-state index in [1.807, 2.05) is 36.4 Å². The summed E-state index contributed by atoms with van der Waals surface area (Å²) in [4.78, 5) is 47.7. The van der Waals surface area contributed by atoms with E-state index in [2.05, 4.69) is 28.1 Å². The van der Waals surface area contributed by atoms with Crippen LogP contribution in [-0.4, -0.2) is 54.7 Å². The highest BCUT2D eigenvalue weighted by atomic mass is 16.5. The standard InChI is InChI=1S/C25H27N3O6/c1-14(22(29)28-21-19(24(31)32)12-27-23(21)30)10-11-26-25(33)34-13-20-17-8-4-2-6-15(17)16-7-3-5-9-18(16)20/h2-9,14,19-21H,10-13H2,1H3,(H,26,33)(H,27,30)(H,28,29)(H,31,32). The normalized spacial score (nSPS) is 19.5. The minimum absolute atomic E-state index is 0.0170. The maximum Gasteiger partial charge on any atom is 0.407 e. The summed E-state index contributed by atoms with van der Waals surface area (Å²) in [7, 11) is 0. The quantitative estimate of drug-likeness (QED) is 0.470. The first-order chi connectivity index (χ1) is 16.4. The van der Waals surface area contributed by atoms with Gasteiger partial charge in [-0.05, 0) is 28.7 Å². The van der Waals surface area contributed by atoms with E-state index < -0.39 is 41.8 Å². The highest BCUT2D eigenvalue weighted by Crippen LogP contribution is 2.44. The Bertz CT molecular complexity index is 1070. The number of amides is 3. The summed E-state index contributed by atoms with van der Waals surface area (Å²) in [6.45, 7) is 2.03. The van der Waals surface area contributed by atoms with Crippen LogP contribution in [0.1, 0.15) is 30.4 Å². The molecule has 9 heteroatoms. The Morgan fingerprint density at radius 1 is 1.09 bits per heavy atom. The molecule has 9 nitrogen and oxygen atoms in total. The molecule has 0 radical (unpaired) electrons. The number of fused-ring (bicyclic) bond motifs is 3. The molecule has 2 aromatic carbocycles. The lowest BCUT2D eigenvalue weighted by Crippen LogP contribution is -2.47. The fourth-order valence-electron chi connectivity index (χ4n) is 4.48. The molecule has 1 fully saturated rings. The van der Waals surface area contributed by atoms with E-state index in [0.717, 1.165) is 22.3 Å². The van der Waals surface area contributed by atoms with Gasteiger partial charge < -0.3 is 25.8 Å². The summed E-state index contributed by atoms with van der Waals surface area (Å²) in [5, 5.41) is 16.8. The van der Waals surface area contributed by atoms with E-state index in [4.69, 9.17) is 4.74 Å². The molecule has 0 spiro atoms. The van der Waals surface area contributed by atoms with E-state index >= 15 is 0 Å². The van der Waals surface area contributed by atoms with Crippen LogP contribution in [0.5, 0.6) is 0 Å². The van der Waals surface area contributed by atoms with Crippen molar-refractivity contribution in [3.63, 3.8) is 0 Å². The second-order valence-corrected chi connectivity index (χ2v) is 8.62. The number of alkyl carbamates (subject to hydrolysis) is 1. The lowest BCUT2D eigenvalue weighted by atomic mass is 9.98. The van der Waals surface area contributed by atoms with Gasteiger partial charge in [0.1, 0.15) is 18.6 Å². The summed E-state index contributed by atoms with van der Waals surface area (Å²) >= 11 is 0. The van der Waals surface area contributed by atoms with E-state index in [9.17, 15) is 24.3 Å². The smallest absolute Gasteiger partial charge is 0.407 e. The molecule has 4 N–H and O–H groups in total. The van der Waals surface area contributed by atoms with Crippen LogP contribution in [0.3, 0.4) is 0 Å². The SMILES string of the molecule is CC(CCNC(=O)OCC1c2ccccc2-c2ccccc21)C(=O)NC1C(=O)NCC1C(=O)O. The molecule has 0 aromatic heterocycles. The second-order valence-electron chi connectivity index (χ2n) is 8.62. The van der Waals surface area contributed by atoms with Gasteiger partial charge in [0.15, 0.2) is 0 Å². The van der Waals surface area contributed by atoms with Crippen LogP contribution in [0.25, 0.3) is 11.1 Å². The van der Waals surface area contributed by atoms with E-state index in [1.54, 1.807) is 6.92 Å². The summed E-state index contributed by atoms with van der Waals surface area (Å²) in [5.74, 6) is -3.66. The van der Waals surface area contributed by atoms with Gasteiger partial charge in [0.05, 0.1) is 0 Å². The van der Waals surface area contributed by atoms with Gasteiger partial charge in [-0.1, -0.05) is 55.5 Å². The Hall–Kier alpha value is -3.88. The number of aliphatic carboxylic acids is 1. The molecule has 2 aliphatic rings. The van der Waals surface area contributed by atoms with Crippen molar-refractivity contribution in [2.45, 2.75) is 25.3 Å². The molecule has 1 heterocycles. The Morgan fingerprint density at radius 3 is 2.32 bits per heavy atom. The minimum atomic E-state index is -1.15. The molecule has 3 amide bonds. The first-order valence-corrected chi connectivity index (χ1v) is 11.3. The van der Waals surface area contributed by atoms with E-state index in [1.165, 1.54) is 0 Å². The molecule has 178 valence electrons. The fourth-order valence-corrected chi connectivity index (χ4v) is 4.48. The summed E-state index contributed by atoms with van der Waals surface area (Å²) < 4.78 is 5.48. The first-order valence-electron chi connectivity index (χ1n) is 11.3. The summed E-state index contributed by atoms with van der Waals surface area (Å²) in [6, 6.07) is 15.0. The molecule has 0 saturated carbocycles. The maximum atomic E-state index is 12.4. The van der Waals surface area contributed by atoms with Crippen LogP contribution in [0.15, 0.2) is 48.5 Å². The molecular weight excluding hydrogens is 438 g/mol. The van der Waals surface area contributed by atoms with Crippen LogP contribution < -0.4 is 16.0 Å². The zero-order valence-corrected chi connectivity index (χ0v) is 18.7. The van der Waals surface area contributed by atoms with Gasteiger partial charge >= 0.3 is 12.1 Å². The number of ether oxygens (including phenoxy) is 1. The van der Waals surface area contributed by atoms with Gasteiger partial charge in [-0.3, -0.25) is 14.4 Å². The topological polar surface area (TPSA) is 134 Å². The number of benzene rings is 2. The zero-order valence-electron chi connectivity index (χ0n) is 18.7. The molecule has 0 bridgehead atoms. The lowest BCUT2D eigenvalue weighted by molar-refractivity contribution is -0.143. The number of rotatable bonds is 8. The van der Waals surface area contributed by atoms with Crippen LogP contribution in [0.2, 0.25) is 0 Å². The third kappa shape index (κ3) is 4.73. The Morgan fingerprint density at radius 2 is 1.71 bits per heavy atom. The van der Waals surface area contributed by atoms with Crippen molar-refractivity contribution in [2.24, 2.45) is 11.8 Å². The predicted molar refractivity (Wildman–Crippen MR) is 123 cm³/mol. The Balaban J connectivity index is 1.24. The molecular formula is C25H27N3O6. The number of carbonyl (C=O) groups excluding carboxylic acids is 3. The molecule has 1 aliphatic carbocycles. The second kappa shape index (κ2) is 9.94. The van der Waals surface area contributed by atoms with Gasteiger partial charge in [-0.2, -0.15) is 0 Å². The van der Waals surface area contributed by atoms with Gasteiger partial charge in [-0.15, -0.1) is 0 Å². The molecule has 2 aromatic rings. The van der Waals surface area contributed by atoms with Crippen LogP contribution in [0, 0.1) is 11.8 Å². The molecule has 3 unspecified atom stereocenters. The largest absolute Gasteiger partial charge is 0.481 e. The fraction of sp³-hybridized carbons (Fsp3) is 0.360. The van der Waals surface area contributed by atoms with Crippen LogP contribution in [0.4, 0.5) is 4.79 Å². The van der Waals surface area contributed by atoms with Gasteiger partial charge in [0, 0.05) is 24.9 Å². The number of carbonyl (C=O) groups is 4. The number of hydrogen-bond acceptors (Lipinski definition) is 5. The number of carboxylic acids is 1. The van der Waals surface area contributed by atoms with E-state index in [-0.39, 0.29) is 25.6 Å². The van der Waals surface area contributed by atoms with Crippen molar-refractivity contribution in [3.05, 3.63) is 59.7 Å². The zero-order chi connectivity index (χ0) is 24.2. The molecule has 34 heavy (non-hydrogen) atoms. The summed E-state index contributed by atoms with van der Waals surface area (Å²) in [5.41, 5.74) is 4.54. The first kappa shape index (κ1) is 23.3. The van der Waals surface area contributed by atoms with Crippen molar-refractivity contribution < 1.29 is 29.0 Å². The number of hydrogen-bond donors (Lipinski definition) is 4. The Kier molecular flexibility index (Phi) is 6.81. The van der Waals surface area contributed by atoms with Gasteiger partial charge in [-0.25, -0.2) is 4.79 Å². The Labute approximate surface area is 196 Å². The highest BCUT2D eigenvalue weighted by molar-refractivity contribution is 5.94. The van der Waals surface area contributed by atoms with Crippen molar-refractivity contribution in [1.82, 2.24) is 16.0 Å². The molecule has 3 atom stereocenters. The van der Waals surface area contributed by atoms with Crippen molar-refractivity contribution in [1.29, 1.82) is 0 Å². The lowest BCUT2D eigenvalue weighted by Gasteiger charge is -2.18. The third-order valence-electron chi connectivity index (χ3n) is 6.43. The monoisotopic (exact) mass is 465 g/mol.